The fraction of sp³-hybridized carbons (Fsp3) is 0.647. The van der Waals surface area contributed by atoms with Crippen molar-refractivity contribution in [2.24, 2.45) is 0 Å². The molecule has 25 heavy (non-hydrogen) atoms. The topological polar surface area (TPSA) is 63.7 Å². The van der Waals surface area contributed by atoms with Gasteiger partial charge in [0.1, 0.15) is 17.2 Å². The summed E-state index contributed by atoms with van der Waals surface area (Å²) in [6, 6.07) is 0. The Hall–Kier alpha value is -1.80. The lowest BCUT2D eigenvalue weighted by atomic mass is 10.0. The molecule has 7 nitrogen and oxygen atoms in total. The van der Waals surface area contributed by atoms with E-state index < -0.39 is 0 Å². The second-order valence-electron chi connectivity index (χ2n) is 7.23. The number of nitrogens with zero attached hydrogens (tertiary/aromatic N) is 6. The molecule has 0 bridgehead atoms. The van der Waals surface area contributed by atoms with Crippen molar-refractivity contribution >= 4 is 33.1 Å². The summed E-state index contributed by atoms with van der Waals surface area (Å²) in [7, 11) is 0. The summed E-state index contributed by atoms with van der Waals surface area (Å²) in [6.45, 7) is 8.07. The molecule has 1 unspecified atom stereocenters. The van der Waals surface area contributed by atoms with Gasteiger partial charge in [-0.3, -0.25) is 0 Å². The van der Waals surface area contributed by atoms with E-state index >= 15 is 0 Å². The fourth-order valence-corrected chi connectivity index (χ4v) is 5.70. The van der Waals surface area contributed by atoms with Gasteiger partial charge in [0.05, 0.1) is 23.4 Å². The van der Waals surface area contributed by atoms with E-state index in [1.807, 2.05) is 15.9 Å². The maximum atomic E-state index is 4.88. The number of nitrogens with one attached hydrogen (secondary N) is 1. The van der Waals surface area contributed by atoms with Crippen molar-refractivity contribution in [2.75, 3.05) is 31.1 Å². The van der Waals surface area contributed by atoms with Crippen LogP contribution in [0.25, 0.3) is 16.0 Å². The Morgan fingerprint density at radius 1 is 1.20 bits per heavy atom. The van der Waals surface area contributed by atoms with Crippen molar-refractivity contribution in [3.05, 3.63) is 10.4 Å². The Balaban J connectivity index is 1.70. The average Bonchev–Trinajstić information content (AvgIpc) is 3.25. The molecule has 0 amide bonds. The van der Waals surface area contributed by atoms with Crippen LogP contribution in [0.3, 0.4) is 0 Å². The molecule has 132 valence electrons. The molecular weight excluding hydrogens is 334 g/mol. The van der Waals surface area contributed by atoms with Crippen LogP contribution in [0.5, 0.6) is 0 Å². The first-order valence-electron chi connectivity index (χ1n) is 9.46. The number of rotatable bonds is 3. The first kappa shape index (κ1) is 15.5. The summed E-state index contributed by atoms with van der Waals surface area (Å²) in [4.78, 5) is 11.7. The SMILES string of the molecule is CCC[NH+]1CCc2c(sc3c2c(N2CCCCC2)nc2nnnn23)C1. The maximum absolute atomic E-state index is 4.88. The number of hydrogen-bond donors (Lipinski definition) is 1. The van der Waals surface area contributed by atoms with Crippen molar-refractivity contribution in [2.45, 2.75) is 45.6 Å². The fourth-order valence-electron chi connectivity index (χ4n) is 4.34. The van der Waals surface area contributed by atoms with E-state index in [-0.39, 0.29) is 0 Å². The second-order valence-corrected chi connectivity index (χ2v) is 8.32. The van der Waals surface area contributed by atoms with Crippen LogP contribution >= 0.6 is 11.3 Å². The predicted octanol–water partition coefficient (Wildman–Crippen LogP) is 1.08. The van der Waals surface area contributed by atoms with Gasteiger partial charge in [-0.15, -0.1) is 11.3 Å². The van der Waals surface area contributed by atoms with E-state index in [2.05, 4.69) is 27.3 Å². The van der Waals surface area contributed by atoms with E-state index in [1.165, 1.54) is 59.4 Å². The van der Waals surface area contributed by atoms with Gasteiger partial charge >= 0.3 is 0 Å². The minimum Gasteiger partial charge on any atom is -0.356 e. The molecule has 5 heterocycles. The number of tetrazole rings is 1. The molecule has 2 aliphatic rings. The third kappa shape index (κ3) is 2.50. The van der Waals surface area contributed by atoms with Gasteiger partial charge in [0, 0.05) is 19.5 Å². The Kier molecular flexibility index (Phi) is 3.82. The van der Waals surface area contributed by atoms with Gasteiger partial charge in [-0.2, -0.15) is 9.50 Å². The van der Waals surface area contributed by atoms with Gasteiger partial charge in [-0.25, -0.2) is 0 Å². The summed E-state index contributed by atoms with van der Waals surface area (Å²) in [5.74, 6) is 1.75. The quantitative estimate of drug-likeness (QED) is 0.759. The van der Waals surface area contributed by atoms with Crippen LogP contribution in [0.4, 0.5) is 5.82 Å². The largest absolute Gasteiger partial charge is 0.356 e. The van der Waals surface area contributed by atoms with E-state index in [0.29, 0.717) is 5.78 Å². The van der Waals surface area contributed by atoms with Crippen LogP contribution in [0, 0.1) is 0 Å². The number of hydrogen-bond acceptors (Lipinski definition) is 6. The highest BCUT2D eigenvalue weighted by Gasteiger charge is 2.29. The highest BCUT2D eigenvalue weighted by atomic mass is 32.1. The molecule has 1 fully saturated rings. The zero-order valence-corrected chi connectivity index (χ0v) is 15.5. The molecule has 1 saturated heterocycles. The van der Waals surface area contributed by atoms with Crippen LogP contribution in [0.2, 0.25) is 0 Å². The van der Waals surface area contributed by atoms with Crippen LogP contribution in [-0.2, 0) is 13.0 Å². The molecule has 3 aromatic heterocycles. The van der Waals surface area contributed by atoms with Crippen molar-refractivity contribution in [3.63, 3.8) is 0 Å². The van der Waals surface area contributed by atoms with Gasteiger partial charge < -0.3 is 9.80 Å². The monoisotopic (exact) mass is 358 g/mol. The molecule has 0 saturated carbocycles. The van der Waals surface area contributed by atoms with Crippen LogP contribution in [0.1, 0.15) is 43.0 Å². The third-order valence-corrected chi connectivity index (χ3v) is 6.75. The molecule has 1 N–H and O–H groups in total. The average molecular weight is 358 g/mol. The van der Waals surface area contributed by atoms with Gasteiger partial charge in [-0.05, 0) is 41.7 Å². The zero-order chi connectivity index (χ0) is 16.8. The Labute approximate surface area is 150 Å². The van der Waals surface area contributed by atoms with Crippen molar-refractivity contribution < 1.29 is 4.90 Å². The highest BCUT2D eigenvalue weighted by Crippen LogP contribution is 2.38. The minimum atomic E-state index is 0.629. The summed E-state index contributed by atoms with van der Waals surface area (Å²) in [5.41, 5.74) is 1.50. The lowest BCUT2D eigenvalue weighted by Crippen LogP contribution is -3.11. The first-order chi connectivity index (χ1) is 12.3. The van der Waals surface area contributed by atoms with Crippen LogP contribution in [0.15, 0.2) is 0 Å². The predicted molar refractivity (Wildman–Crippen MR) is 98.4 cm³/mol. The number of aromatic nitrogens is 5. The third-order valence-electron chi connectivity index (χ3n) is 5.55. The highest BCUT2D eigenvalue weighted by molar-refractivity contribution is 7.19. The maximum Gasteiger partial charge on any atom is 0.276 e. The lowest BCUT2D eigenvalue weighted by molar-refractivity contribution is -0.915. The Morgan fingerprint density at radius 2 is 2.08 bits per heavy atom. The standard InChI is InChI=1S/C17H23N7S/c1-2-7-22-10-6-12-13(11-22)25-16-14(12)15(23-8-4-3-5-9-23)18-17-19-20-21-24(16)17/h2-11H2,1H3/p+1. The molecule has 0 radical (unpaired) electrons. The zero-order valence-electron chi connectivity index (χ0n) is 14.7. The molecule has 3 aromatic rings. The van der Waals surface area contributed by atoms with E-state index in [4.69, 9.17) is 4.98 Å². The molecule has 0 aliphatic carbocycles. The summed E-state index contributed by atoms with van der Waals surface area (Å²) in [6.07, 6.45) is 6.21. The summed E-state index contributed by atoms with van der Waals surface area (Å²) < 4.78 is 1.84. The Morgan fingerprint density at radius 3 is 2.92 bits per heavy atom. The van der Waals surface area contributed by atoms with Crippen molar-refractivity contribution in [1.29, 1.82) is 0 Å². The first-order valence-corrected chi connectivity index (χ1v) is 10.3. The summed E-state index contributed by atoms with van der Waals surface area (Å²) in [5, 5.41) is 13.5. The van der Waals surface area contributed by atoms with Gasteiger partial charge in [-0.1, -0.05) is 12.0 Å². The molecule has 2 aliphatic heterocycles. The summed E-state index contributed by atoms with van der Waals surface area (Å²) >= 11 is 1.87. The van der Waals surface area contributed by atoms with Crippen molar-refractivity contribution in [1.82, 2.24) is 25.0 Å². The van der Waals surface area contributed by atoms with E-state index in [0.717, 1.165) is 31.9 Å². The Bertz CT molecular complexity index is 909. The number of anilines is 1. The molecule has 1 atom stereocenters. The van der Waals surface area contributed by atoms with Gasteiger partial charge in [0.15, 0.2) is 0 Å². The smallest absolute Gasteiger partial charge is 0.276 e. The minimum absolute atomic E-state index is 0.629. The molecule has 0 aromatic carbocycles. The van der Waals surface area contributed by atoms with Gasteiger partial charge in [0.25, 0.3) is 5.78 Å². The van der Waals surface area contributed by atoms with Crippen molar-refractivity contribution in [3.8, 4) is 0 Å². The molecule has 8 heteroatoms. The molecular formula is C17H24N7S+. The normalized spacial score (nSPS) is 21.2. The lowest BCUT2D eigenvalue weighted by Gasteiger charge is -2.29. The second kappa shape index (κ2) is 6.17. The van der Waals surface area contributed by atoms with Crippen LogP contribution < -0.4 is 9.80 Å². The molecule has 0 spiro atoms. The molecule has 5 rings (SSSR count). The van der Waals surface area contributed by atoms with Gasteiger partial charge in [0.2, 0.25) is 0 Å². The van der Waals surface area contributed by atoms with E-state index in [1.54, 1.807) is 4.90 Å². The number of thiophene rings is 1. The number of fused-ring (bicyclic) bond motifs is 5. The van der Waals surface area contributed by atoms with Crippen LogP contribution in [-0.4, -0.2) is 51.2 Å². The number of quaternary nitrogens is 1. The number of piperidine rings is 1. The van der Waals surface area contributed by atoms with E-state index in [9.17, 15) is 0 Å².